The fourth-order valence-electron chi connectivity index (χ4n) is 3.99. The molecule has 0 radical (unpaired) electrons. The van der Waals surface area contributed by atoms with E-state index >= 15 is 0 Å². The van der Waals surface area contributed by atoms with Crippen LogP contribution in [0.25, 0.3) is 0 Å². The Labute approximate surface area is 174 Å². The lowest BCUT2D eigenvalue weighted by molar-refractivity contribution is -0.139. The molecule has 0 fully saturated rings. The molecule has 30 heavy (non-hydrogen) atoms. The van der Waals surface area contributed by atoms with Crippen LogP contribution in [0.1, 0.15) is 30.7 Å². The number of amides is 2. The molecule has 2 aliphatic heterocycles. The molecule has 4 rings (SSSR count). The first-order valence-corrected chi connectivity index (χ1v) is 10.0. The summed E-state index contributed by atoms with van der Waals surface area (Å²) < 4.78 is 16.1. The lowest BCUT2D eigenvalue weighted by Crippen LogP contribution is -2.49. The Kier molecular flexibility index (Phi) is 5.65. The van der Waals surface area contributed by atoms with Gasteiger partial charge in [0.1, 0.15) is 17.6 Å². The molecule has 1 aromatic carbocycles. The van der Waals surface area contributed by atoms with Gasteiger partial charge >= 0.3 is 12.0 Å². The number of methoxy groups -OCH3 is 1. The number of aryl methyl sites for hydroxylation is 1. The van der Waals surface area contributed by atoms with Crippen LogP contribution in [0.3, 0.4) is 0 Å². The number of nitrogens with one attached hydrogen (secondary N) is 2. The maximum Gasteiger partial charge on any atom is 0.338 e. The number of anilines is 1. The van der Waals surface area contributed by atoms with Crippen molar-refractivity contribution in [2.75, 3.05) is 31.7 Å². The van der Waals surface area contributed by atoms with Crippen LogP contribution >= 0.6 is 0 Å². The van der Waals surface area contributed by atoms with Gasteiger partial charge in [-0.2, -0.15) is 0 Å². The SMILES string of the molecule is CCOC(=O)C1=C(CN2CCCc3cc(OC)ccc32)NC(=O)N[C@H]1c1ccco1. The lowest BCUT2D eigenvalue weighted by atomic mass is 9.97. The summed E-state index contributed by atoms with van der Waals surface area (Å²) in [5.74, 6) is 0.817. The van der Waals surface area contributed by atoms with E-state index in [1.54, 1.807) is 26.2 Å². The first-order chi connectivity index (χ1) is 14.6. The number of carbonyl (C=O) groups is 2. The first kappa shape index (κ1) is 19.9. The second kappa shape index (κ2) is 8.52. The highest BCUT2D eigenvalue weighted by Gasteiger charge is 2.36. The number of furan rings is 1. The van der Waals surface area contributed by atoms with Crippen molar-refractivity contribution >= 4 is 17.7 Å². The van der Waals surface area contributed by atoms with E-state index in [2.05, 4.69) is 15.5 Å². The van der Waals surface area contributed by atoms with Crippen LogP contribution in [0.15, 0.2) is 52.3 Å². The molecule has 1 aromatic heterocycles. The first-order valence-electron chi connectivity index (χ1n) is 10.0. The zero-order valence-electron chi connectivity index (χ0n) is 17.1. The molecule has 0 spiro atoms. The Morgan fingerprint density at radius 1 is 1.33 bits per heavy atom. The third-order valence-electron chi connectivity index (χ3n) is 5.33. The largest absolute Gasteiger partial charge is 0.497 e. The summed E-state index contributed by atoms with van der Waals surface area (Å²) in [7, 11) is 1.65. The molecule has 0 unspecified atom stereocenters. The number of carbonyl (C=O) groups excluding carboxylic acids is 2. The monoisotopic (exact) mass is 411 g/mol. The molecule has 3 heterocycles. The molecule has 2 N–H and O–H groups in total. The fourth-order valence-corrected chi connectivity index (χ4v) is 3.99. The van der Waals surface area contributed by atoms with E-state index in [0.717, 1.165) is 30.8 Å². The molecule has 8 heteroatoms. The van der Waals surface area contributed by atoms with E-state index in [1.165, 1.54) is 11.8 Å². The third kappa shape index (κ3) is 3.85. The van der Waals surface area contributed by atoms with Gasteiger partial charge in [-0.3, -0.25) is 0 Å². The number of fused-ring (bicyclic) bond motifs is 1. The van der Waals surface area contributed by atoms with Gasteiger partial charge in [-0.25, -0.2) is 9.59 Å². The third-order valence-corrected chi connectivity index (χ3v) is 5.33. The average molecular weight is 411 g/mol. The Morgan fingerprint density at radius 3 is 2.93 bits per heavy atom. The molecular weight excluding hydrogens is 386 g/mol. The summed E-state index contributed by atoms with van der Waals surface area (Å²) in [5, 5.41) is 5.59. The van der Waals surface area contributed by atoms with Gasteiger partial charge in [-0.05, 0) is 55.7 Å². The van der Waals surface area contributed by atoms with Crippen LogP contribution in [0.5, 0.6) is 5.75 Å². The number of esters is 1. The van der Waals surface area contributed by atoms with Crippen molar-refractivity contribution in [3.05, 3.63) is 59.2 Å². The lowest BCUT2D eigenvalue weighted by Gasteiger charge is -2.35. The second-order valence-corrected chi connectivity index (χ2v) is 7.18. The minimum atomic E-state index is -0.706. The topological polar surface area (TPSA) is 93.0 Å². The fraction of sp³-hybridized carbons (Fsp3) is 0.364. The molecule has 0 bridgehead atoms. The zero-order chi connectivity index (χ0) is 21.1. The number of nitrogens with zero attached hydrogens (tertiary/aromatic N) is 1. The molecular formula is C22H25N3O5. The van der Waals surface area contributed by atoms with Crippen LogP contribution in [-0.2, 0) is 16.0 Å². The molecule has 0 saturated heterocycles. The van der Waals surface area contributed by atoms with Gasteiger partial charge in [0.15, 0.2) is 0 Å². The van der Waals surface area contributed by atoms with Crippen molar-refractivity contribution < 1.29 is 23.5 Å². The predicted molar refractivity (Wildman–Crippen MR) is 110 cm³/mol. The number of ether oxygens (including phenoxy) is 2. The Morgan fingerprint density at radius 2 is 2.20 bits per heavy atom. The Balaban J connectivity index is 1.72. The van der Waals surface area contributed by atoms with E-state index in [1.807, 2.05) is 18.2 Å². The Hall–Kier alpha value is -3.42. The van der Waals surface area contributed by atoms with E-state index in [9.17, 15) is 9.59 Å². The van der Waals surface area contributed by atoms with Crippen LogP contribution < -0.4 is 20.3 Å². The van der Waals surface area contributed by atoms with Gasteiger partial charge in [0.2, 0.25) is 0 Å². The summed E-state index contributed by atoms with van der Waals surface area (Å²) in [4.78, 5) is 27.4. The summed E-state index contributed by atoms with van der Waals surface area (Å²) in [6.07, 6.45) is 3.44. The van der Waals surface area contributed by atoms with Crippen molar-refractivity contribution in [3.63, 3.8) is 0 Å². The highest BCUT2D eigenvalue weighted by Crippen LogP contribution is 2.33. The van der Waals surface area contributed by atoms with Gasteiger partial charge in [0, 0.05) is 12.2 Å². The minimum Gasteiger partial charge on any atom is -0.497 e. The molecule has 158 valence electrons. The van der Waals surface area contributed by atoms with Gasteiger partial charge in [-0.1, -0.05) is 0 Å². The number of urea groups is 1. The maximum atomic E-state index is 12.8. The van der Waals surface area contributed by atoms with Crippen LogP contribution in [0.4, 0.5) is 10.5 Å². The normalized spacial score (nSPS) is 18.4. The van der Waals surface area contributed by atoms with Crippen LogP contribution in [0.2, 0.25) is 0 Å². The van der Waals surface area contributed by atoms with Crippen LogP contribution in [0, 0.1) is 0 Å². The average Bonchev–Trinajstić information content (AvgIpc) is 3.28. The van der Waals surface area contributed by atoms with Crippen molar-refractivity contribution in [2.45, 2.75) is 25.8 Å². The van der Waals surface area contributed by atoms with Crippen molar-refractivity contribution in [1.29, 1.82) is 0 Å². The summed E-state index contributed by atoms with van der Waals surface area (Å²) >= 11 is 0. The van der Waals surface area contributed by atoms with Gasteiger partial charge in [-0.15, -0.1) is 0 Å². The zero-order valence-corrected chi connectivity index (χ0v) is 17.1. The molecule has 1 atom stereocenters. The second-order valence-electron chi connectivity index (χ2n) is 7.18. The predicted octanol–water partition coefficient (Wildman–Crippen LogP) is 2.91. The smallest absolute Gasteiger partial charge is 0.338 e. The van der Waals surface area contributed by atoms with Gasteiger partial charge in [0.05, 0.1) is 37.8 Å². The van der Waals surface area contributed by atoms with E-state index in [0.29, 0.717) is 23.6 Å². The summed E-state index contributed by atoms with van der Waals surface area (Å²) in [6.45, 7) is 3.18. The minimum absolute atomic E-state index is 0.237. The summed E-state index contributed by atoms with van der Waals surface area (Å²) in [5.41, 5.74) is 3.12. The number of benzene rings is 1. The van der Waals surface area contributed by atoms with Crippen molar-refractivity contribution in [2.24, 2.45) is 0 Å². The standard InChI is InChI=1S/C22H25N3O5/c1-3-29-21(26)19-16(23-22(27)24-20(19)18-7-5-11-30-18)13-25-10-4-6-14-12-15(28-2)8-9-17(14)25/h5,7-9,11-12,20H,3-4,6,10,13H2,1-2H3,(H2,23,24,27)/t20-/m0/s1. The molecule has 2 amide bonds. The van der Waals surface area contributed by atoms with E-state index in [-0.39, 0.29) is 12.6 Å². The molecule has 0 aliphatic carbocycles. The summed E-state index contributed by atoms with van der Waals surface area (Å²) in [6, 6.07) is 8.34. The van der Waals surface area contributed by atoms with Crippen LogP contribution in [-0.4, -0.2) is 38.8 Å². The van der Waals surface area contributed by atoms with Gasteiger partial charge < -0.3 is 29.4 Å². The highest BCUT2D eigenvalue weighted by atomic mass is 16.5. The molecule has 2 aliphatic rings. The quantitative estimate of drug-likeness (QED) is 0.710. The molecule has 8 nitrogen and oxygen atoms in total. The number of rotatable bonds is 6. The van der Waals surface area contributed by atoms with E-state index in [4.69, 9.17) is 13.9 Å². The van der Waals surface area contributed by atoms with Crippen molar-refractivity contribution in [3.8, 4) is 5.75 Å². The molecule has 0 saturated carbocycles. The maximum absolute atomic E-state index is 12.8. The van der Waals surface area contributed by atoms with E-state index < -0.39 is 12.0 Å². The van der Waals surface area contributed by atoms with Crippen molar-refractivity contribution in [1.82, 2.24) is 10.6 Å². The highest BCUT2D eigenvalue weighted by molar-refractivity contribution is 5.95. The number of hydrogen-bond donors (Lipinski definition) is 2. The van der Waals surface area contributed by atoms with Gasteiger partial charge in [0.25, 0.3) is 0 Å². The number of hydrogen-bond acceptors (Lipinski definition) is 6. The Bertz CT molecular complexity index is 967. The molecule has 2 aromatic rings.